The monoisotopic (exact) mass is 523 g/mol. The predicted molar refractivity (Wildman–Crippen MR) is 159 cm³/mol. The summed E-state index contributed by atoms with van der Waals surface area (Å²) in [5.41, 5.74) is 6.41. The van der Waals surface area contributed by atoms with Crippen LogP contribution >= 0.6 is 0 Å². The number of nitrogens with zero attached hydrogens (tertiary/aromatic N) is 1. The van der Waals surface area contributed by atoms with Gasteiger partial charge in [0.05, 0.1) is 6.61 Å². The van der Waals surface area contributed by atoms with Crippen LogP contribution in [0.3, 0.4) is 0 Å². The van der Waals surface area contributed by atoms with Crippen LogP contribution in [0.15, 0.2) is 87.6 Å². The first-order valence-corrected chi connectivity index (χ1v) is 13.4. The van der Waals surface area contributed by atoms with Crippen molar-refractivity contribution < 1.29 is 13.9 Å². The summed E-state index contributed by atoms with van der Waals surface area (Å²) in [5, 5.41) is 0.777. The number of ether oxygens (including phenoxy) is 1. The van der Waals surface area contributed by atoms with Gasteiger partial charge in [0, 0.05) is 47.8 Å². The fourth-order valence-corrected chi connectivity index (χ4v) is 4.58. The summed E-state index contributed by atoms with van der Waals surface area (Å²) < 4.78 is 11.7. The Labute approximate surface area is 230 Å². The second-order valence-electron chi connectivity index (χ2n) is 10.4. The van der Waals surface area contributed by atoms with E-state index >= 15 is 0 Å². The minimum atomic E-state index is -0.488. The van der Waals surface area contributed by atoms with Gasteiger partial charge in [-0.1, -0.05) is 42.0 Å². The van der Waals surface area contributed by atoms with Crippen LogP contribution in [-0.2, 0) is 12.8 Å². The van der Waals surface area contributed by atoms with E-state index in [1.165, 1.54) is 11.3 Å². The third-order valence-electron chi connectivity index (χ3n) is 7.02. The van der Waals surface area contributed by atoms with Crippen molar-refractivity contribution in [2.45, 2.75) is 47.0 Å². The van der Waals surface area contributed by atoms with E-state index in [1.54, 1.807) is 6.07 Å². The molecular formula is C34H37NO4. The molecule has 4 rings (SSSR count). The molecule has 0 bridgehead atoms. The van der Waals surface area contributed by atoms with Gasteiger partial charge in [-0.2, -0.15) is 0 Å². The number of allylic oxidation sites excluding steroid dienone is 2. The van der Waals surface area contributed by atoms with Gasteiger partial charge in [0.2, 0.25) is 0 Å². The fraction of sp³-hybridized carbons (Fsp3) is 0.294. The zero-order chi connectivity index (χ0) is 27.9. The maximum atomic E-state index is 13.1. The molecule has 0 saturated carbocycles. The molecule has 202 valence electrons. The second-order valence-corrected chi connectivity index (χ2v) is 10.4. The standard InChI is InChI=1S/C34H37NO4/c1-23(2)12-14-26-20-27(15-13-24(26)3)31(36)22-29-21-28-16-17-32(25(4)33(28)39-34(29)37)38-19-9-18-35(5)30-10-7-6-8-11-30/h6-8,10-13,15-17,20-21H,9,14,18-19,22H2,1-5H3. The average molecular weight is 524 g/mol. The first-order chi connectivity index (χ1) is 18.7. The molecule has 0 aliphatic carbocycles. The zero-order valence-electron chi connectivity index (χ0n) is 23.5. The zero-order valence-corrected chi connectivity index (χ0v) is 23.5. The van der Waals surface area contributed by atoms with E-state index in [4.69, 9.17) is 9.15 Å². The lowest BCUT2D eigenvalue weighted by atomic mass is 9.97. The van der Waals surface area contributed by atoms with Crippen LogP contribution < -0.4 is 15.3 Å². The van der Waals surface area contributed by atoms with E-state index in [9.17, 15) is 9.59 Å². The molecule has 0 unspecified atom stereocenters. The molecule has 1 aromatic heterocycles. The molecule has 0 aliphatic heterocycles. The molecule has 0 amide bonds. The maximum absolute atomic E-state index is 13.1. The van der Waals surface area contributed by atoms with Gasteiger partial charge in [-0.15, -0.1) is 0 Å². The topological polar surface area (TPSA) is 59.8 Å². The Morgan fingerprint density at radius 3 is 2.49 bits per heavy atom. The predicted octanol–water partition coefficient (Wildman–Crippen LogP) is 7.25. The molecule has 0 aliphatic rings. The van der Waals surface area contributed by atoms with Crippen molar-refractivity contribution >= 4 is 22.4 Å². The summed E-state index contributed by atoms with van der Waals surface area (Å²) in [6.07, 6.45) is 3.78. The number of aryl methyl sites for hydroxylation is 2. The van der Waals surface area contributed by atoms with Crippen LogP contribution in [0.5, 0.6) is 5.75 Å². The van der Waals surface area contributed by atoms with Crippen LogP contribution in [0.4, 0.5) is 5.69 Å². The quantitative estimate of drug-likeness (QED) is 0.0897. The summed E-state index contributed by atoms with van der Waals surface area (Å²) in [4.78, 5) is 28.1. The number of anilines is 1. The molecule has 0 fully saturated rings. The van der Waals surface area contributed by atoms with Crippen molar-refractivity contribution in [3.05, 3.63) is 117 Å². The van der Waals surface area contributed by atoms with Gasteiger partial charge in [-0.25, -0.2) is 4.79 Å². The molecule has 5 nitrogen and oxygen atoms in total. The number of carbonyl (C=O) groups excluding carboxylic acids is 1. The lowest BCUT2D eigenvalue weighted by Crippen LogP contribution is -2.20. The number of rotatable bonds is 11. The number of ketones is 1. The van der Waals surface area contributed by atoms with Gasteiger partial charge in [-0.05, 0) is 88.1 Å². The van der Waals surface area contributed by atoms with E-state index in [0.29, 0.717) is 29.1 Å². The molecule has 0 radical (unpaired) electrons. The molecule has 3 aromatic carbocycles. The summed E-state index contributed by atoms with van der Waals surface area (Å²) in [6.45, 7) is 9.47. The number of carbonyl (C=O) groups is 1. The highest BCUT2D eigenvalue weighted by Crippen LogP contribution is 2.27. The van der Waals surface area contributed by atoms with Crippen molar-refractivity contribution in [2.75, 3.05) is 25.1 Å². The third kappa shape index (κ3) is 7.05. The Balaban J connectivity index is 1.43. The van der Waals surface area contributed by atoms with Crippen LogP contribution in [0.25, 0.3) is 11.0 Å². The fourth-order valence-electron chi connectivity index (χ4n) is 4.58. The number of Topliss-reactive ketones (excluding diaryl/α,β-unsaturated/α-hetero) is 1. The molecule has 4 aromatic rings. The van der Waals surface area contributed by atoms with Gasteiger partial charge < -0.3 is 14.1 Å². The highest BCUT2D eigenvalue weighted by molar-refractivity contribution is 5.98. The van der Waals surface area contributed by atoms with Crippen LogP contribution in [0.1, 0.15) is 52.9 Å². The van der Waals surface area contributed by atoms with E-state index in [1.807, 2.05) is 62.4 Å². The Morgan fingerprint density at radius 1 is 0.974 bits per heavy atom. The van der Waals surface area contributed by atoms with Gasteiger partial charge in [0.25, 0.3) is 0 Å². The Kier molecular flexibility index (Phi) is 9.03. The Bertz CT molecular complexity index is 1550. The molecular weight excluding hydrogens is 486 g/mol. The van der Waals surface area contributed by atoms with Crippen LogP contribution in [0, 0.1) is 13.8 Å². The summed E-state index contributed by atoms with van der Waals surface area (Å²) in [6, 6.07) is 21.5. The van der Waals surface area contributed by atoms with Crippen LogP contribution in [-0.4, -0.2) is 26.0 Å². The summed E-state index contributed by atoms with van der Waals surface area (Å²) >= 11 is 0. The summed E-state index contributed by atoms with van der Waals surface area (Å²) in [7, 11) is 2.07. The van der Waals surface area contributed by atoms with Crippen molar-refractivity contribution in [3.63, 3.8) is 0 Å². The molecule has 39 heavy (non-hydrogen) atoms. The number of hydrogen-bond acceptors (Lipinski definition) is 5. The van der Waals surface area contributed by atoms with Crippen molar-refractivity contribution in [1.82, 2.24) is 0 Å². The highest BCUT2D eigenvalue weighted by atomic mass is 16.5. The van der Waals surface area contributed by atoms with Gasteiger partial charge in [0.15, 0.2) is 5.78 Å². The minimum absolute atomic E-state index is 0.00432. The van der Waals surface area contributed by atoms with Gasteiger partial charge >= 0.3 is 5.63 Å². The lowest BCUT2D eigenvalue weighted by Gasteiger charge is -2.19. The number of fused-ring (bicyclic) bond motifs is 1. The maximum Gasteiger partial charge on any atom is 0.339 e. The first-order valence-electron chi connectivity index (χ1n) is 13.4. The van der Waals surface area contributed by atoms with Crippen LogP contribution in [0.2, 0.25) is 0 Å². The Morgan fingerprint density at radius 2 is 1.74 bits per heavy atom. The second kappa shape index (κ2) is 12.6. The van der Waals surface area contributed by atoms with Gasteiger partial charge in [0.1, 0.15) is 11.3 Å². The normalized spacial score (nSPS) is 10.9. The number of para-hydroxylation sites is 1. The number of hydrogen-bond donors (Lipinski definition) is 0. The molecule has 0 spiro atoms. The number of benzene rings is 3. The first kappa shape index (κ1) is 27.9. The van der Waals surface area contributed by atoms with E-state index in [0.717, 1.165) is 41.5 Å². The molecule has 0 atom stereocenters. The largest absolute Gasteiger partial charge is 0.493 e. The third-order valence-corrected chi connectivity index (χ3v) is 7.02. The minimum Gasteiger partial charge on any atom is -0.493 e. The van der Waals surface area contributed by atoms with Crippen molar-refractivity contribution in [3.8, 4) is 5.75 Å². The summed E-state index contributed by atoms with van der Waals surface area (Å²) in [5.74, 6) is 0.595. The van der Waals surface area contributed by atoms with E-state index < -0.39 is 5.63 Å². The van der Waals surface area contributed by atoms with E-state index in [2.05, 4.69) is 44.0 Å². The molecule has 0 N–H and O–H groups in total. The lowest BCUT2D eigenvalue weighted by molar-refractivity contribution is 0.0992. The SMILES string of the molecule is CC(C)=CCc1cc(C(=O)Cc2cc3ccc(OCCCN(C)c4ccccc4)c(C)c3oc2=O)ccc1C. The van der Waals surface area contributed by atoms with Crippen molar-refractivity contribution in [1.29, 1.82) is 0 Å². The smallest absolute Gasteiger partial charge is 0.339 e. The molecule has 5 heteroatoms. The molecule has 0 saturated heterocycles. The average Bonchev–Trinajstić information content (AvgIpc) is 2.92. The molecule has 1 heterocycles. The van der Waals surface area contributed by atoms with Crippen molar-refractivity contribution in [2.24, 2.45) is 0 Å². The highest BCUT2D eigenvalue weighted by Gasteiger charge is 2.16. The Hall–Kier alpha value is -4.12. The van der Waals surface area contributed by atoms with Gasteiger partial charge in [-0.3, -0.25) is 4.79 Å². The van der Waals surface area contributed by atoms with E-state index in [-0.39, 0.29) is 12.2 Å².